The molecule has 0 saturated heterocycles. The Hall–Kier alpha value is -2.62. The molecule has 0 radical (unpaired) electrons. The third kappa shape index (κ3) is 4.68. The molecule has 0 aliphatic rings. The molecule has 0 aromatic heterocycles. The zero-order chi connectivity index (χ0) is 16.8. The van der Waals surface area contributed by atoms with E-state index in [1.807, 2.05) is 55.5 Å². The lowest BCUT2D eigenvalue weighted by molar-refractivity contribution is -0.118. The van der Waals surface area contributed by atoms with Crippen LogP contribution in [0, 0.1) is 6.92 Å². The fraction of sp³-hybridized carbons (Fsp3) is 0.263. The van der Waals surface area contributed by atoms with Crippen LogP contribution in [0.15, 0.2) is 54.6 Å². The average Bonchev–Trinajstić information content (AvgIpc) is 2.53. The first-order valence-corrected chi connectivity index (χ1v) is 7.63. The van der Waals surface area contributed by atoms with Crippen molar-refractivity contribution in [3.63, 3.8) is 0 Å². The van der Waals surface area contributed by atoms with Gasteiger partial charge in [0, 0.05) is 25.1 Å². The van der Waals surface area contributed by atoms with E-state index in [9.17, 15) is 9.59 Å². The van der Waals surface area contributed by atoms with Crippen molar-refractivity contribution in [2.45, 2.75) is 25.8 Å². The summed E-state index contributed by atoms with van der Waals surface area (Å²) in [6.07, 6.45) is 0.737. The summed E-state index contributed by atoms with van der Waals surface area (Å²) < 4.78 is 0. The minimum Gasteiger partial charge on any atom is -0.370 e. The molecule has 2 aromatic carbocycles. The molecule has 0 spiro atoms. The van der Waals surface area contributed by atoms with Gasteiger partial charge in [0.1, 0.15) is 0 Å². The van der Waals surface area contributed by atoms with E-state index in [1.54, 1.807) is 18.0 Å². The first-order valence-electron chi connectivity index (χ1n) is 7.63. The van der Waals surface area contributed by atoms with Crippen LogP contribution in [-0.4, -0.2) is 29.8 Å². The molecule has 2 N–H and O–H groups in total. The highest BCUT2D eigenvalue weighted by Gasteiger charge is 2.23. The van der Waals surface area contributed by atoms with Gasteiger partial charge < -0.3 is 10.6 Å². The molecule has 4 nitrogen and oxygen atoms in total. The van der Waals surface area contributed by atoms with E-state index in [0.29, 0.717) is 12.0 Å². The number of nitrogens with zero attached hydrogens (tertiary/aromatic N) is 1. The van der Waals surface area contributed by atoms with E-state index < -0.39 is 5.91 Å². The summed E-state index contributed by atoms with van der Waals surface area (Å²) in [5, 5.41) is 0. The monoisotopic (exact) mass is 310 g/mol. The first-order chi connectivity index (χ1) is 11.0. The van der Waals surface area contributed by atoms with Crippen molar-refractivity contribution >= 4 is 11.8 Å². The normalized spacial score (nSPS) is 11.7. The maximum Gasteiger partial charge on any atom is 0.253 e. The Kier molecular flexibility index (Phi) is 5.52. The highest BCUT2D eigenvalue weighted by atomic mass is 16.2. The fourth-order valence-electron chi connectivity index (χ4n) is 2.61. The van der Waals surface area contributed by atoms with Gasteiger partial charge in [-0.1, -0.05) is 48.0 Å². The Morgan fingerprint density at radius 1 is 1.09 bits per heavy atom. The first kappa shape index (κ1) is 16.7. The molecule has 0 heterocycles. The van der Waals surface area contributed by atoms with Gasteiger partial charge in [0.2, 0.25) is 5.91 Å². The van der Waals surface area contributed by atoms with Crippen LogP contribution in [0.1, 0.15) is 27.9 Å². The van der Waals surface area contributed by atoms with E-state index in [4.69, 9.17) is 5.73 Å². The van der Waals surface area contributed by atoms with Gasteiger partial charge in [0.15, 0.2) is 0 Å². The van der Waals surface area contributed by atoms with Crippen molar-refractivity contribution in [3.8, 4) is 0 Å². The number of likely N-dealkylation sites (N-methyl/N-ethyl adjacent to an activating group) is 1. The summed E-state index contributed by atoms with van der Waals surface area (Å²) in [5.41, 5.74) is 8.09. The molecule has 0 bridgehead atoms. The van der Waals surface area contributed by atoms with E-state index in [0.717, 1.165) is 11.1 Å². The van der Waals surface area contributed by atoms with Crippen LogP contribution < -0.4 is 5.73 Å². The summed E-state index contributed by atoms with van der Waals surface area (Å²) in [4.78, 5) is 25.7. The minimum atomic E-state index is -0.408. The van der Waals surface area contributed by atoms with Gasteiger partial charge in [-0.15, -0.1) is 0 Å². The topological polar surface area (TPSA) is 63.4 Å². The van der Waals surface area contributed by atoms with Crippen LogP contribution in [0.4, 0.5) is 0 Å². The van der Waals surface area contributed by atoms with Gasteiger partial charge >= 0.3 is 0 Å². The van der Waals surface area contributed by atoms with Gasteiger partial charge in [-0.3, -0.25) is 9.59 Å². The second-order valence-electron chi connectivity index (χ2n) is 5.80. The number of aryl methyl sites for hydroxylation is 1. The maximum absolute atomic E-state index is 12.7. The molecule has 2 rings (SSSR count). The number of primary amides is 1. The standard InChI is InChI=1S/C19H22N2O2/c1-14-7-6-10-16(11-14)19(23)21(2)17(13-18(20)22)12-15-8-4-3-5-9-15/h3-11,17H,12-13H2,1-2H3,(H2,20,22). The molecule has 0 saturated carbocycles. The summed E-state index contributed by atoms with van der Waals surface area (Å²) in [6.45, 7) is 1.95. The Morgan fingerprint density at radius 3 is 2.39 bits per heavy atom. The lowest BCUT2D eigenvalue weighted by Gasteiger charge is -2.28. The number of rotatable bonds is 6. The lowest BCUT2D eigenvalue weighted by atomic mass is 10.0. The van der Waals surface area contributed by atoms with Crippen molar-refractivity contribution in [1.82, 2.24) is 4.90 Å². The molecule has 1 unspecified atom stereocenters. The van der Waals surface area contributed by atoms with Gasteiger partial charge in [-0.25, -0.2) is 0 Å². The van der Waals surface area contributed by atoms with Crippen LogP contribution in [0.5, 0.6) is 0 Å². The molecular weight excluding hydrogens is 288 g/mol. The van der Waals surface area contributed by atoms with E-state index >= 15 is 0 Å². The Morgan fingerprint density at radius 2 is 1.78 bits per heavy atom. The van der Waals surface area contributed by atoms with Crippen molar-refractivity contribution in [3.05, 3.63) is 71.3 Å². The summed E-state index contributed by atoms with van der Waals surface area (Å²) >= 11 is 0. The van der Waals surface area contributed by atoms with Crippen molar-refractivity contribution < 1.29 is 9.59 Å². The number of carbonyl (C=O) groups is 2. The molecule has 1 atom stereocenters. The summed E-state index contributed by atoms with van der Waals surface area (Å²) in [5.74, 6) is -0.509. The fourth-order valence-corrected chi connectivity index (χ4v) is 2.61. The summed E-state index contributed by atoms with van der Waals surface area (Å²) in [7, 11) is 1.72. The van der Waals surface area contributed by atoms with Gasteiger partial charge in [-0.05, 0) is 31.0 Å². The number of benzene rings is 2. The zero-order valence-corrected chi connectivity index (χ0v) is 13.5. The number of hydrogen-bond acceptors (Lipinski definition) is 2. The zero-order valence-electron chi connectivity index (χ0n) is 13.5. The molecule has 2 amide bonds. The highest BCUT2D eigenvalue weighted by molar-refractivity contribution is 5.94. The Balaban J connectivity index is 2.20. The van der Waals surface area contributed by atoms with Crippen LogP contribution in [0.2, 0.25) is 0 Å². The molecule has 120 valence electrons. The second-order valence-corrected chi connectivity index (χ2v) is 5.80. The Bertz CT molecular complexity index is 683. The van der Waals surface area contributed by atoms with E-state index in [1.165, 1.54) is 0 Å². The minimum absolute atomic E-state index is 0.101. The third-order valence-corrected chi connectivity index (χ3v) is 3.88. The second kappa shape index (κ2) is 7.58. The molecule has 0 fully saturated rings. The van der Waals surface area contributed by atoms with E-state index in [-0.39, 0.29) is 18.4 Å². The van der Waals surface area contributed by atoms with Crippen LogP contribution in [0.3, 0.4) is 0 Å². The van der Waals surface area contributed by atoms with Crippen LogP contribution in [-0.2, 0) is 11.2 Å². The van der Waals surface area contributed by atoms with Gasteiger partial charge in [-0.2, -0.15) is 0 Å². The molecule has 4 heteroatoms. The van der Waals surface area contributed by atoms with Crippen LogP contribution >= 0.6 is 0 Å². The van der Waals surface area contributed by atoms with Crippen molar-refractivity contribution in [1.29, 1.82) is 0 Å². The predicted molar refractivity (Wildman–Crippen MR) is 91.0 cm³/mol. The number of nitrogens with two attached hydrogens (primary N) is 1. The number of carbonyl (C=O) groups excluding carboxylic acids is 2. The quantitative estimate of drug-likeness (QED) is 0.891. The molecular formula is C19H22N2O2. The lowest BCUT2D eigenvalue weighted by Crippen LogP contribution is -2.41. The number of amides is 2. The van der Waals surface area contributed by atoms with Crippen molar-refractivity contribution in [2.24, 2.45) is 5.73 Å². The average molecular weight is 310 g/mol. The van der Waals surface area contributed by atoms with Gasteiger partial charge in [0.25, 0.3) is 5.91 Å². The smallest absolute Gasteiger partial charge is 0.253 e. The summed E-state index contributed by atoms with van der Waals surface area (Å²) in [6, 6.07) is 17.0. The van der Waals surface area contributed by atoms with Crippen LogP contribution in [0.25, 0.3) is 0 Å². The molecule has 2 aromatic rings. The molecule has 0 aliphatic heterocycles. The third-order valence-electron chi connectivity index (χ3n) is 3.88. The number of hydrogen-bond donors (Lipinski definition) is 1. The molecule has 23 heavy (non-hydrogen) atoms. The largest absolute Gasteiger partial charge is 0.370 e. The maximum atomic E-state index is 12.7. The van der Waals surface area contributed by atoms with Gasteiger partial charge in [0.05, 0.1) is 0 Å². The highest BCUT2D eigenvalue weighted by Crippen LogP contribution is 2.15. The SMILES string of the molecule is Cc1cccc(C(=O)N(C)C(CC(N)=O)Cc2ccccc2)c1. The predicted octanol–water partition coefficient (Wildman–Crippen LogP) is 2.55. The molecule has 0 aliphatic carbocycles. The Labute approximate surface area is 136 Å². The van der Waals surface area contributed by atoms with Crippen molar-refractivity contribution in [2.75, 3.05) is 7.05 Å². The van der Waals surface area contributed by atoms with E-state index in [2.05, 4.69) is 0 Å².